The number of benzene rings is 2. The quantitative estimate of drug-likeness (QED) is 0.619. The molecule has 1 amide bonds. The molecule has 2 aromatic rings. The molecule has 0 spiro atoms. The highest BCUT2D eigenvalue weighted by Crippen LogP contribution is 2.47. The standard InChI is InChI=1S/C25H26ClNO5/c1-14-8-9-16(26)12-19(14)27-18-6-5-7-20(28)24(18)17(13-23(27)29)15-10-21(30-2)25(32-4)22(11-15)31-3/h8-12,17H,5-7,13H2,1-4H3/t17-/m0/s1. The van der Waals surface area contributed by atoms with Gasteiger partial charge >= 0.3 is 0 Å². The van der Waals surface area contributed by atoms with Crippen LogP contribution in [0.15, 0.2) is 41.6 Å². The van der Waals surface area contributed by atoms with Gasteiger partial charge in [-0.1, -0.05) is 17.7 Å². The molecule has 0 saturated carbocycles. The molecule has 1 aliphatic carbocycles. The molecule has 168 valence electrons. The highest BCUT2D eigenvalue weighted by atomic mass is 35.5. The van der Waals surface area contributed by atoms with Gasteiger partial charge in [0, 0.05) is 35.1 Å². The molecule has 4 rings (SSSR count). The molecule has 0 saturated heterocycles. The van der Waals surface area contributed by atoms with Crippen molar-refractivity contribution < 1.29 is 23.8 Å². The number of ether oxygens (including phenoxy) is 3. The predicted molar refractivity (Wildman–Crippen MR) is 123 cm³/mol. The Bertz CT molecular complexity index is 1100. The van der Waals surface area contributed by atoms with Gasteiger partial charge in [0.15, 0.2) is 17.3 Å². The zero-order chi connectivity index (χ0) is 23.0. The third-order valence-electron chi connectivity index (χ3n) is 6.18. The van der Waals surface area contributed by atoms with E-state index in [4.69, 9.17) is 25.8 Å². The fourth-order valence-corrected chi connectivity index (χ4v) is 4.85. The number of carbonyl (C=O) groups excluding carboxylic acids is 2. The molecule has 0 radical (unpaired) electrons. The average molecular weight is 456 g/mol. The Morgan fingerprint density at radius 2 is 1.66 bits per heavy atom. The minimum absolute atomic E-state index is 0.0671. The van der Waals surface area contributed by atoms with E-state index < -0.39 is 0 Å². The molecule has 32 heavy (non-hydrogen) atoms. The predicted octanol–water partition coefficient (Wildman–Crippen LogP) is 5.20. The van der Waals surface area contributed by atoms with Crippen molar-refractivity contribution in [2.24, 2.45) is 0 Å². The Hall–Kier alpha value is -2.99. The molecule has 0 fully saturated rings. The molecule has 2 aliphatic rings. The first-order valence-corrected chi connectivity index (χ1v) is 10.9. The molecule has 7 heteroatoms. The van der Waals surface area contributed by atoms with Crippen molar-refractivity contribution in [3.05, 3.63) is 57.8 Å². The van der Waals surface area contributed by atoms with Crippen LogP contribution in [0.3, 0.4) is 0 Å². The number of hydrogen-bond donors (Lipinski definition) is 0. The van der Waals surface area contributed by atoms with Crippen LogP contribution in [0.1, 0.15) is 42.7 Å². The van der Waals surface area contributed by atoms with Crippen molar-refractivity contribution in [1.82, 2.24) is 0 Å². The summed E-state index contributed by atoms with van der Waals surface area (Å²) in [6, 6.07) is 9.13. The van der Waals surface area contributed by atoms with Crippen LogP contribution < -0.4 is 19.1 Å². The van der Waals surface area contributed by atoms with Gasteiger partial charge in [-0.25, -0.2) is 0 Å². The normalized spacial score (nSPS) is 18.5. The summed E-state index contributed by atoms with van der Waals surface area (Å²) in [6.45, 7) is 1.94. The van der Waals surface area contributed by atoms with Crippen LogP contribution in [-0.4, -0.2) is 33.0 Å². The number of anilines is 1. The van der Waals surface area contributed by atoms with E-state index in [9.17, 15) is 9.59 Å². The van der Waals surface area contributed by atoms with Crippen LogP contribution in [0.25, 0.3) is 0 Å². The maximum atomic E-state index is 13.5. The molecule has 1 heterocycles. The lowest BCUT2D eigenvalue weighted by atomic mass is 9.77. The Morgan fingerprint density at radius 1 is 0.969 bits per heavy atom. The summed E-state index contributed by atoms with van der Waals surface area (Å²) in [5.74, 6) is 1.08. The number of amides is 1. The summed E-state index contributed by atoms with van der Waals surface area (Å²) in [4.78, 5) is 28.4. The molecule has 0 N–H and O–H groups in total. The Kier molecular flexibility index (Phi) is 6.15. The van der Waals surface area contributed by atoms with Gasteiger partial charge in [0.25, 0.3) is 0 Å². The van der Waals surface area contributed by atoms with Crippen LogP contribution in [-0.2, 0) is 9.59 Å². The van der Waals surface area contributed by atoms with E-state index in [1.807, 2.05) is 25.1 Å². The topological polar surface area (TPSA) is 65.1 Å². The molecular formula is C25H26ClNO5. The van der Waals surface area contributed by atoms with Crippen molar-refractivity contribution in [2.75, 3.05) is 26.2 Å². The third-order valence-corrected chi connectivity index (χ3v) is 6.41. The fourth-order valence-electron chi connectivity index (χ4n) is 4.68. The number of rotatable bonds is 5. The minimum Gasteiger partial charge on any atom is -0.493 e. The van der Waals surface area contributed by atoms with Gasteiger partial charge in [-0.3, -0.25) is 14.5 Å². The van der Waals surface area contributed by atoms with Gasteiger partial charge in [-0.05, 0) is 55.2 Å². The summed E-state index contributed by atoms with van der Waals surface area (Å²) in [5.41, 5.74) is 3.90. The van der Waals surface area contributed by atoms with E-state index in [1.165, 1.54) is 0 Å². The number of ketones is 1. The minimum atomic E-state index is -0.380. The van der Waals surface area contributed by atoms with E-state index >= 15 is 0 Å². The van der Waals surface area contributed by atoms with Crippen LogP contribution in [0.4, 0.5) is 5.69 Å². The Labute approximate surface area is 192 Å². The van der Waals surface area contributed by atoms with E-state index in [0.717, 1.165) is 22.5 Å². The molecule has 1 atom stereocenters. The number of halogens is 1. The number of nitrogens with zero attached hydrogens (tertiary/aromatic N) is 1. The summed E-state index contributed by atoms with van der Waals surface area (Å²) in [6.07, 6.45) is 1.99. The van der Waals surface area contributed by atoms with Crippen LogP contribution in [0, 0.1) is 6.92 Å². The number of hydrogen-bond acceptors (Lipinski definition) is 5. The Balaban J connectivity index is 1.90. The SMILES string of the molecule is COc1cc([C@@H]2CC(=O)N(c3cc(Cl)ccc3C)C3=C2C(=O)CCC3)cc(OC)c1OC. The van der Waals surface area contributed by atoms with Crippen molar-refractivity contribution in [3.63, 3.8) is 0 Å². The van der Waals surface area contributed by atoms with Crippen LogP contribution in [0.5, 0.6) is 17.2 Å². The molecule has 6 nitrogen and oxygen atoms in total. The third kappa shape index (κ3) is 3.73. The molecule has 0 unspecified atom stereocenters. The second-order valence-corrected chi connectivity index (χ2v) is 8.45. The monoisotopic (exact) mass is 455 g/mol. The highest BCUT2D eigenvalue weighted by molar-refractivity contribution is 6.31. The van der Waals surface area contributed by atoms with Gasteiger partial charge in [0.05, 0.1) is 27.0 Å². The van der Waals surface area contributed by atoms with Gasteiger partial charge in [0.1, 0.15) is 0 Å². The second-order valence-electron chi connectivity index (χ2n) is 8.01. The lowest BCUT2D eigenvalue weighted by Gasteiger charge is -2.39. The van der Waals surface area contributed by atoms with Crippen LogP contribution >= 0.6 is 11.6 Å². The number of aryl methyl sites for hydroxylation is 1. The number of Topliss-reactive ketones (excluding diaryl/α,β-unsaturated/α-hetero) is 1. The van der Waals surface area contributed by atoms with E-state index in [1.54, 1.807) is 38.4 Å². The molecule has 1 aliphatic heterocycles. The zero-order valence-electron chi connectivity index (χ0n) is 18.7. The summed E-state index contributed by atoms with van der Waals surface area (Å²) >= 11 is 6.25. The maximum Gasteiger partial charge on any atom is 0.232 e. The molecule has 0 aromatic heterocycles. The van der Waals surface area contributed by atoms with E-state index in [0.29, 0.717) is 47.1 Å². The summed E-state index contributed by atoms with van der Waals surface area (Å²) < 4.78 is 16.4. The van der Waals surface area contributed by atoms with Crippen LogP contribution in [0.2, 0.25) is 5.02 Å². The number of allylic oxidation sites excluding steroid dienone is 2. The van der Waals surface area contributed by atoms with Gasteiger partial charge in [-0.15, -0.1) is 0 Å². The van der Waals surface area contributed by atoms with Gasteiger partial charge in [-0.2, -0.15) is 0 Å². The number of carbonyl (C=O) groups is 2. The smallest absolute Gasteiger partial charge is 0.232 e. The average Bonchev–Trinajstić information content (AvgIpc) is 2.79. The molecular weight excluding hydrogens is 430 g/mol. The van der Waals surface area contributed by atoms with Crippen molar-refractivity contribution >= 4 is 29.0 Å². The molecule has 2 aromatic carbocycles. The summed E-state index contributed by atoms with van der Waals surface area (Å²) in [7, 11) is 4.64. The lowest BCUT2D eigenvalue weighted by molar-refractivity contribution is -0.119. The Morgan fingerprint density at radius 3 is 2.28 bits per heavy atom. The fraction of sp³-hybridized carbons (Fsp3) is 0.360. The maximum absolute atomic E-state index is 13.5. The van der Waals surface area contributed by atoms with Gasteiger partial charge in [0.2, 0.25) is 11.7 Å². The first-order chi connectivity index (χ1) is 15.4. The summed E-state index contributed by atoms with van der Waals surface area (Å²) in [5, 5.41) is 0.550. The largest absolute Gasteiger partial charge is 0.493 e. The second kappa shape index (κ2) is 8.87. The van der Waals surface area contributed by atoms with Crippen molar-refractivity contribution in [2.45, 2.75) is 38.5 Å². The highest BCUT2D eigenvalue weighted by Gasteiger charge is 2.40. The molecule has 0 bridgehead atoms. The van der Waals surface area contributed by atoms with Crippen molar-refractivity contribution in [1.29, 1.82) is 0 Å². The number of methoxy groups -OCH3 is 3. The van der Waals surface area contributed by atoms with E-state index in [-0.39, 0.29) is 24.0 Å². The first-order valence-electron chi connectivity index (χ1n) is 10.5. The lowest BCUT2D eigenvalue weighted by Crippen LogP contribution is -2.40. The first kappa shape index (κ1) is 22.2. The van der Waals surface area contributed by atoms with Gasteiger partial charge < -0.3 is 14.2 Å². The van der Waals surface area contributed by atoms with Crippen molar-refractivity contribution in [3.8, 4) is 17.2 Å². The van der Waals surface area contributed by atoms with E-state index in [2.05, 4.69) is 0 Å². The zero-order valence-corrected chi connectivity index (χ0v) is 19.4.